The first-order valence-electron chi connectivity index (χ1n) is 8.39. The summed E-state index contributed by atoms with van der Waals surface area (Å²) in [5.74, 6) is 0.694. The van der Waals surface area contributed by atoms with Crippen molar-refractivity contribution in [1.82, 2.24) is 0 Å². The van der Waals surface area contributed by atoms with E-state index in [1.807, 2.05) is 13.8 Å². The summed E-state index contributed by atoms with van der Waals surface area (Å²) in [6.45, 7) is 8.48. The number of amides is 1. The quantitative estimate of drug-likeness (QED) is 0.738. The van der Waals surface area contributed by atoms with Crippen LogP contribution in [0.3, 0.4) is 0 Å². The number of rotatable bonds is 9. The Morgan fingerprint density at radius 3 is 2.67 bits per heavy atom. The Bertz CT molecular complexity index is 593. The SMILES string of the molecule is CCCC[C@@](C)(OC)C(=O)Nc1ccc(OCC(C)C)c(C#N)c1. The summed E-state index contributed by atoms with van der Waals surface area (Å²) in [4.78, 5) is 12.5. The van der Waals surface area contributed by atoms with Gasteiger partial charge in [-0.1, -0.05) is 33.6 Å². The zero-order valence-electron chi connectivity index (χ0n) is 15.3. The number of nitrogens with zero attached hydrogens (tertiary/aromatic N) is 1. The lowest BCUT2D eigenvalue weighted by atomic mass is 9.97. The second kappa shape index (κ2) is 9.29. The minimum atomic E-state index is -0.879. The number of nitriles is 1. The van der Waals surface area contributed by atoms with Crippen LogP contribution < -0.4 is 10.1 Å². The Morgan fingerprint density at radius 1 is 1.42 bits per heavy atom. The Labute approximate surface area is 145 Å². The van der Waals surface area contributed by atoms with Crippen molar-refractivity contribution in [2.45, 2.75) is 52.6 Å². The number of hydrogen-bond donors (Lipinski definition) is 1. The third-order valence-electron chi connectivity index (χ3n) is 3.87. The predicted molar refractivity (Wildman–Crippen MR) is 95.1 cm³/mol. The number of nitrogens with one attached hydrogen (secondary N) is 1. The summed E-state index contributed by atoms with van der Waals surface area (Å²) >= 11 is 0. The molecule has 0 saturated heterocycles. The van der Waals surface area contributed by atoms with E-state index in [1.54, 1.807) is 32.2 Å². The summed E-state index contributed by atoms with van der Waals surface area (Å²) in [7, 11) is 1.54. The van der Waals surface area contributed by atoms with Gasteiger partial charge in [0.1, 0.15) is 17.4 Å². The van der Waals surface area contributed by atoms with Crippen molar-refractivity contribution in [1.29, 1.82) is 5.26 Å². The van der Waals surface area contributed by atoms with Gasteiger partial charge in [0.2, 0.25) is 0 Å². The molecule has 1 rings (SSSR count). The molecule has 5 nitrogen and oxygen atoms in total. The second-order valence-electron chi connectivity index (χ2n) is 6.52. The van der Waals surface area contributed by atoms with Crippen LogP contribution in [0.25, 0.3) is 0 Å². The van der Waals surface area contributed by atoms with Gasteiger partial charge in [0.15, 0.2) is 0 Å². The zero-order valence-corrected chi connectivity index (χ0v) is 15.3. The van der Waals surface area contributed by atoms with E-state index in [-0.39, 0.29) is 5.91 Å². The highest BCUT2D eigenvalue weighted by atomic mass is 16.5. The summed E-state index contributed by atoms with van der Waals surface area (Å²) in [6.07, 6.45) is 2.54. The molecule has 0 heterocycles. The number of carbonyl (C=O) groups is 1. The number of ether oxygens (including phenoxy) is 2. The Balaban J connectivity index is 2.87. The number of benzene rings is 1. The molecule has 24 heavy (non-hydrogen) atoms. The summed E-state index contributed by atoms with van der Waals surface area (Å²) in [5, 5.41) is 12.1. The monoisotopic (exact) mass is 332 g/mol. The van der Waals surface area contributed by atoms with E-state index in [0.717, 1.165) is 12.8 Å². The molecule has 1 atom stereocenters. The molecule has 1 aromatic rings. The molecule has 0 aliphatic carbocycles. The number of carbonyl (C=O) groups excluding carboxylic acids is 1. The fourth-order valence-corrected chi connectivity index (χ4v) is 2.16. The van der Waals surface area contributed by atoms with Crippen LogP contribution in [-0.2, 0) is 9.53 Å². The molecule has 0 fully saturated rings. The third-order valence-corrected chi connectivity index (χ3v) is 3.87. The molecule has 0 radical (unpaired) electrons. The van der Waals surface area contributed by atoms with Crippen molar-refractivity contribution in [3.8, 4) is 11.8 Å². The van der Waals surface area contributed by atoms with Gasteiger partial charge in [-0.15, -0.1) is 0 Å². The molecule has 1 N–H and O–H groups in total. The van der Waals surface area contributed by atoms with Gasteiger partial charge in [0, 0.05) is 12.8 Å². The van der Waals surface area contributed by atoms with Crippen LogP contribution in [0.1, 0.15) is 52.5 Å². The van der Waals surface area contributed by atoms with Gasteiger partial charge in [0.05, 0.1) is 12.2 Å². The van der Waals surface area contributed by atoms with Crippen molar-refractivity contribution in [3.63, 3.8) is 0 Å². The molecule has 0 spiro atoms. The lowest BCUT2D eigenvalue weighted by Crippen LogP contribution is -2.41. The average Bonchev–Trinajstić information content (AvgIpc) is 2.58. The fourth-order valence-electron chi connectivity index (χ4n) is 2.16. The van der Waals surface area contributed by atoms with Crippen molar-refractivity contribution in [3.05, 3.63) is 23.8 Å². The Hall–Kier alpha value is -2.06. The van der Waals surface area contributed by atoms with Crippen molar-refractivity contribution >= 4 is 11.6 Å². The summed E-state index contributed by atoms with van der Waals surface area (Å²) in [6, 6.07) is 7.20. The number of hydrogen-bond acceptors (Lipinski definition) is 4. The number of unbranched alkanes of at least 4 members (excludes halogenated alkanes) is 1. The highest BCUT2D eigenvalue weighted by Gasteiger charge is 2.32. The Morgan fingerprint density at radius 2 is 2.12 bits per heavy atom. The van der Waals surface area contributed by atoms with Crippen LogP contribution in [0, 0.1) is 17.2 Å². The van der Waals surface area contributed by atoms with Gasteiger partial charge in [0.25, 0.3) is 5.91 Å². The second-order valence-corrected chi connectivity index (χ2v) is 6.52. The number of methoxy groups -OCH3 is 1. The van der Waals surface area contributed by atoms with E-state index in [2.05, 4.69) is 18.3 Å². The highest BCUT2D eigenvalue weighted by molar-refractivity contribution is 5.97. The molecule has 0 aromatic heterocycles. The van der Waals surface area contributed by atoms with Crippen LogP contribution in [0.5, 0.6) is 5.75 Å². The highest BCUT2D eigenvalue weighted by Crippen LogP contribution is 2.25. The topological polar surface area (TPSA) is 71.3 Å². The maximum absolute atomic E-state index is 12.5. The minimum Gasteiger partial charge on any atom is -0.492 e. The lowest BCUT2D eigenvalue weighted by molar-refractivity contribution is -0.136. The van der Waals surface area contributed by atoms with Crippen LogP contribution in [-0.4, -0.2) is 25.2 Å². The molecule has 0 aliphatic rings. The molecular weight excluding hydrogens is 304 g/mol. The molecule has 0 unspecified atom stereocenters. The Kier molecular flexibility index (Phi) is 7.73. The van der Waals surface area contributed by atoms with E-state index in [9.17, 15) is 10.1 Å². The lowest BCUT2D eigenvalue weighted by Gasteiger charge is -2.26. The summed E-state index contributed by atoms with van der Waals surface area (Å²) in [5.41, 5.74) is 0.0877. The van der Waals surface area contributed by atoms with E-state index in [0.29, 0.717) is 35.9 Å². The minimum absolute atomic E-state index is 0.210. The largest absolute Gasteiger partial charge is 0.492 e. The summed E-state index contributed by atoms with van der Waals surface area (Å²) < 4.78 is 11.0. The third kappa shape index (κ3) is 5.54. The van der Waals surface area contributed by atoms with Crippen LogP contribution in [0.4, 0.5) is 5.69 Å². The van der Waals surface area contributed by atoms with E-state index in [1.165, 1.54) is 0 Å². The first kappa shape index (κ1) is 20.0. The first-order valence-corrected chi connectivity index (χ1v) is 8.39. The van der Waals surface area contributed by atoms with Gasteiger partial charge in [-0.05, 0) is 37.5 Å². The molecule has 5 heteroatoms. The van der Waals surface area contributed by atoms with Gasteiger partial charge in [-0.2, -0.15) is 5.26 Å². The van der Waals surface area contributed by atoms with Gasteiger partial charge in [-0.3, -0.25) is 4.79 Å². The first-order chi connectivity index (χ1) is 11.4. The molecule has 1 aromatic carbocycles. The van der Waals surface area contributed by atoms with Crippen molar-refractivity contribution < 1.29 is 14.3 Å². The molecule has 0 bridgehead atoms. The van der Waals surface area contributed by atoms with Gasteiger partial charge >= 0.3 is 0 Å². The zero-order chi connectivity index (χ0) is 18.2. The van der Waals surface area contributed by atoms with Crippen LogP contribution in [0.15, 0.2) is 18.2 Å². The van der Waals surface area contributed by atoms with E-state index >= 15 is 0 Å². The fraction of sp³-hybridized carbons (Fsp3) is 0.579. The van der Waals surface area contributed by atoms with Gasteiger partial charge in [-0.25, -0.2) is 0 Å². The van der Waals surface area contributed by atoms with Crippen molar-refractivity contribution in [2.75, 3.05) is 19.0 Å². The van der Waals surface area contributed by atoms with E-state index < -0.39 is 5.60 Å². The van der Waals surface area contributed by atoms with Crippen molar-refractivity contribution in [2.24, 2.45) is 5.92 Å². The molecule has 0 aliphatic heterocycles. The maximum Gasteiger partial charge on any atom is 0.256 e. The molecular formula is C19H28N2O3. The van der Waals surface area contributed by atoms with Gasteiger partial charge < -0.3 is 14.8 Å². The smallest absolute Gasteiger partial charge is 0.256 e. The normalized spacial score (nSPS) is 13.2. The molecule has 132 valence electrons. The predicted octanol–water partition coefficient (Wildman–Crippen LogP) is 4.13. The molecule has 0 saturated carbocycles. The standard InChI is InChI=1S/C19H28N2O3/c1-6-7-10-19(4,23-5)18(22)21-16-8-9-17(15(11-16)12-20)24-13-14(2)3/h8-9,11,14H,6-7,10,13H2,1-5H3,(H,21,22)/t19-/m1/s1. The average molecular weight is 332 g/mol. The molecule has 1 amide bonds. The maximum atomic E-state index is 12.5. The van der Waals surface area contributed by atoms with Crippen LogP contribution >= 0.6 is 0 Å². The van der Waals surface area contributed by atoms with Crippen LogP contribution in [0.2, 0.25) is 0 Å². The number of anilines is 1. The van der Waals surface area contributed by atoms with E-state index in [4.69, 9.17) is 9.47 Å².